The van der Waals surface area contributed by atoms with Crippen LogP contribution in [0.2, 0.25) is 0 Å². The van der Waals surface area contributed by atoms with Crippen LogP contribution in [-0.4, -0.2) is 13.0 Å². The van der Waals surface area contributed by atoms with Crippen molar-refractivity contribution in [2.75, 3.05) is 6.54 Å². The zero-order valence-electron chi connectivity index (χ0n) is 7.29. The second-order valence-electron chi connectivity index (χ2n) is 3.20. The molecular formula is C10H12N2O. The van der Waals surface area contributed by atoms with Crippen molar-refractivity contribution in [3.8, 4) is 0 Å². The molecule has 0 aliphatic carbocycles. The van der Waals surface area contributed by atoms with E-state index >= 15 is 0 Å². The van der Waals surface area contributed by atoms with Gasteiger partial charge in [0.25, 0.3) is 0 Å². The molecule has 13 heavy (non-hydrogen) atoms. The first-order valence-electron chi connectivity index (χ1n) is 4.39. The Morgan fingerprint density at radius 3 is 2.69 bits per heavy atom. The number of carbonyl (C=O) groups is 1. The van der Waals surface area contributed by atoms with Crippen molar-refractivity contribution in [3.63, 3.8) is 0 Å². The summed E-state index contributed by atoms with van der Waals surface area (Å²) in [6, 6.07) is 8.87. The summed E-state index contributed by atoms with van der Waals surface area (Å²) in [4.78, 5) is 10.0. The highest BCUT2D eigenvalue weighted by Crippen LogP contribution is 2.21. The van der Waals surface area contributed by atoms with E-state index in [0.29, 0.717) is 12.6 Å². The van der Waals surface area contributed by atoms with Gasteiger partial charge in [0.05, 0.1) is 0 Å². The van der Waals surface area contributed by atoms with Crippen LogP contribution in [0.4, 0.5) is 0 Å². The fourth-order valence-corrected chi connectivity index (χ4v) is 1.32. The number of nitrogens with one attached hydrogen (secondary N) is 2. The van der Waals surface area contributed by atoms with E-state index < -0.39 is 0 Å². The molecule has 68 valence electrons. The predicted molar refractivity (Wildman–Crippen MR) is 50.1 cm³/mol. The lowest BCUT2D eigenvalue weighted by molar-refractivity contribution is -0.109. The van der Waals surface area contributed by atoms with Crippen molar-refractivity contribution >= 4 is 6.41 Å². The summed E-state index contributed by atoms with van der Waals surface area (Å²) in [6.45, 7) is 1.70. The molecule has 3 nitrogen and oxygen atoms in total. The number of hydrogen-bond acceptors (Lipinski definition) is 2. The largest absolute Gasteiger partial charge is 0.355 e. The van der Waals surface area contributed by atoms with Gasteiger partial charge in [-0.3, -0.25) is 4.79 Å². The maximum atomic E-state index is 10.0. The summed E-state index contributed by atoms with van der Waals surface area (Å²) in [7, 11) is 0. The first-order valence-corrected chi connectivity index (χ1v) is 4.39. The van der Waals surface area contributed by atoms with E-state index in [2.05, 4.69) is 22.8 Å². The van der Waals surface area contributed by atoms with E-state index in [1.807, 2.05) is 12.1 Å². The third kappa shape index (κ3) is 2.06. The Hall–Kier alpha value is -1.35. The summed E-state index contributed by atoms with van der Waals surface area (Å²) in [5.41, 5.74) is 2.46. The van der Waals surface area contributed by atoms with Crippen LogP contribution in [0.25, 0.3) is 0 Å². The normalized spacial score (nSPS) is 19.5. The molecule has 1 saturated heterocycles. The Morgan fingerprint density at radius 1 is 1.46 bits per heavy atom. The quantitative estimate of drug-likeness (QED) is 0.520. The van der Waals surface area contributed by atoms with Gasteiger partial charge >= 0.3 is 0 Å². The molecule has 0 radical (unpaired) electrons. The van der Waals surface area contributed by atoms with Crippen LogP contribution in [0.15, 0.2) is 24.3 Å². The standard InChI is InChI=1S/C10H12N2O/c13-7-11-5-8-1-3-9(4-2-8)10-6-12-10/h1-4,7,10,12H,5-6H2,(H,11,13). The minimum Gasteiger partial charge on any atom is -0.355 e. The van der Waals surface area contributed by atoms with Gasteiger partial charge < -0.3 is 10.6 Å². The number of benzene rings is 1. The molecule has 3 heteroatoms. The SMILES string of the molecule is O=CNCc1ccc(C2CN2)cc1. The lowest BCUT2D eigenvalue weighted by Crippen LogP contribution is -2.09. The maximum Gasteiger partial charge on any atom is 0.207 e. The van der Waals surface area contributed by atoms with Gasteiger partial charge in [-0.25, -0.2) is 0 Å². The molecule has 1 aliphatic rings. The fourth-order valence-electron chi connectivity index (χ4n) is 1.32. The molecule has 1 aromatic rings. The highest BCUT2D eigenvalue weighted by Gasteiger charge is 2.21. The number of rotatable bonds is 4. The highest BCUT2D eigenvalue weighted by molar-refractivity contribution is 5.46. The predicted octanol–water partition coefficient (Wildman–Crippen LogP) is 0.577. The van der Waals surface area contributed by atoms with E-state index in [1.165, 1.54) is 5.56 Å². The van der Waals surface area contributed by atoms with Gasteiger partial charge in [-0.2, -0.15) is 0 Å². The van der Waals surface area contributed by atoms with Gasteiger partial charge in [-0.05, 0) is 11.1 Å². The van der Waals surface area contributed by atoms with Gasteiger partial charge in [0, 0.05) is 19.1 Å². The third-order valence-corrected chi connectivity index (χ3v) is 2.18. The molecule has 2 rings (SSSR count). The summed E-state index contributed by atoms with van der Waals surface area (Å²) in [6.07, 6.45) is 0.719. The number of carbonyl (C=O) groups excluding carboxylic acids is 1. The molecule has 1 amide bonds. The molecule has 2 N–H and O–H groups in total. The van der Waals surface area contributed by atoms with E-state index in [0.717, 1.165) is 18.5 Å². The van der Waals surface area contributed by atoms with Gasteiger partial charge in [0.2, 0.25) is 6.41 Å². The minimum absolute atomic E-state index is 0.563. The van der Waals surface area contributed by atoms with Gasteiger partial charge in [-0.15, -0.1) is 0 Å². The average Bonchev–Trinajstić information content (AvgIpc) is 2.99. The van der Waals surface area contributed by atoms with Crippen molar-refractivity contribution in [1.29, 1.82) is 0 Å². The van der Waals surface area contributed by atoms with Crippen molar-refractivity contribution in [2.24, 2.45) is 0 Å². The summed E-state index contributed by atoms with van der Waals surface area (Å²) in [5.74, 6) is 0. The Morgan fingerprint density at radius 2 is 2.15 bits per heavy atom. The van der Waals surface area contributed by atoms with Crippen molar-refractivity contribution in [3.05, 3.63) is 35.4 Å². The Labute approximate surface area is 77.1 Å². The van der Waals surface area contributed by atoms with Gasteiger partial charge in [-0.1, -0.05) is 24.3 Å². The molecular weight excluding hydrogens is 164 g/mol. The molecule has 1 heterocycles. The zero-order valence-corrected chi connectivity index (χ0v) is 7.29. The van der Waals surface area contributed by atoms with Crippen LogP contribution < -0.4 is 10.6 Å². The van der Waals surface area contributed by atoms with Crippen molar-refractivity contribution in [1.82, 2.24) is 10.6 Å². The molecule has 0 bridgehead atoms. The summed E-state index contributed by atoms with van der Waals surface area (Å²) >= 11 is 0. The lowest BCUT2D eigenvalue weighted by Gasteiger charge is -2.01. The average molecular weight is 176 g/mol. The first-order chi connectivity index (χ1) is 6.40. The van der Waals surface area contributed by atoms with E-state index in [1.54, 1.807) is 0 Å². The lowest BCUT2D eigenvalue weighted by atomic mass is 10.1. The maximum absolute atomic E-state index is 10.0. The van der Waals surface area contributed by atoms with Crippen LogP contribution in [0.5, 0.6) is 0 Å². The second-order valence-corrected chi connectivity index (χ2v) is 3.20. The van der Waals surface area contributed by atoms with E-state index in [4.69, 9.17) is 0 Å². The second kappa shape index (κ2) is 3.58. The molecule has 1 aromatic carbocycles. The van der Waals surface area contributed by atoms with Crippen LogP contribution >= 0.6 is 0 Å². The third-order valence-electron chi connectivity index (χ3n) is 2.18. The minimum atomic E-state index is 0.563. The summed E-state index contributed by atoms with van der Waals surface area (Å²) < 4.78 is 0. The molecule has 1 atom stereocenters. The van der Waals surface area contributed by atoms with Crippen LogP contribution in [-0.2, 0) is 11.3 Å². The Balaban J connectivity index is 2.00. The van der Waals surface area contributed by atoms with Gasteiger partial charge in [0.1, 0.15) is 0 Å². The Bertz CT molecular complexity index is 290. The first kappa shape index (κ1) is 8.26. The smallest absolute Gasteiger partial charge is 0.207 e. The zero-order chi connectivity index (χ0) is 9.10. The van der Waals surface area contributed by atoms with E-state index in [-0.39, 0.29) is 0 Å². The molecule has 1 aliphatic heterocycles. The molecule has 0 saturated carbocycles. The van der Waals surface area contributed by atoms with Gasteiger partial charge in [0.15, 0.2) is 0 Å². The number of hydrogen-bond donors (Lipinski definition) is 2. The molecule has 1 fully saturated rings. The molecule has 0 spiro atoms. The highest BCUT2D eigenvalue weighted by atomic mass is 16.1. The summed E-state index contributed by atoms with van der Waals surface area (Å²) in [5, 5.41) is 5.87. The Kier molecular flexibility index (Phi) is 2.27. The van der Waals surface area contributed by atoms with Crippen LogP contribution in [0.3, 0.4) is 0 Å². The van der Waals surface area contributed by atoms with Crippen molar-refractivity contribution < 1.29 is 4.79 Å². The molecule has 0 aromatic heterocycles. The van der Waals surface area contributed by atoms with E-state index in [9.17, 15) is 4.79 Å². The monoisotopic (exact) mass is 176 g/mol. The fraction of sp³-hybridized carbons (Fsp3) is 0.300. The molecule has 1 unspecified atom stereocenters. The number of amides is 1. The topological polar surface area (TPSA) is 51.0 Å². The van der Waals surface area contributed by atoms with Crippen LogP contribution in [0.1, 0.15) is 17.2 Å². The van der Waals surface area contributed by atoms with Crippen molar-refractivity contribution in [2.45, 2.75) is 12.6 Å². The van der Waals surface area contributed by atoms with Crippen LogP contribution in [0, 0.1) is 0 Å².